The lowest BCUT2D eigenvalue weighted by Crippen LogP contribution is -2.48. The molecule has 21 heavy (non-hydrogen) atoms. The minimum absolute atomic E-state index is 0.0973. The maximum absolute atomic E-state index is 7.58. The molecular formula is C16H23N3OS. The normalized spacial score (nSPS) is 28.7. The fourth-order valence-electron chi connectivity index (χ4n) is 3.30. The molecule has 3 N–H and O–H groups in total. The number of hydrogen-bond donors (Lipinski definition) is 2. The summed E-state index contributed by atoms with van der Waals surface area (Å²) in [5.41, 5.74) is 7.62. The predicted molar refractivity (Wildman–Crippen MR) is 89.5 cm³/mol. The van der Waals surface area contributed by atoms with Crippen LogP contribution < -0.4 is 10.6 Å². The number of hydrogen-bond acceptors (Lipinski definition) is 4. The Balaban J connectivity index is 1.76. The second-order valence-electron chi connectivity index (χ2n) is 6.06. The molecule has 0 radical (unpaired) electrons. The van der Waals surface area contributed by atoms with Crippen molar-refractivity contribution < 1.29 is 4.74 Å². The number of nitrogen functional groups attached to an aromatic ring is 1. The van der Waals surface area contributed by atoms with E-state index in [0.717, 1.165) is 36.5 Å². The van der Waals surface area contributed by atoms with Crippen LogP contribution in [0.25, 0.3) is 0 Å². The largest absolute Gasteiger partial charge is 0.384 e. The number of anilines is 1. The maximum Gasteiger partial charge on any atom is 0.122 e. The quantitative estimate of drug-likeness (QED) is 0.665. The lowest BCUT2D eigenvalue weighted by atomic mass is 9.89. The Morgan fingerprint density at radius 3 is 3.10 bits per heavy atom. The third kappa shape index (κ3) is 3.04. The van der Waals surface area contributed by atoms with Crippen LogP contribution in [0.3, 0.4) is 0 Å². The molecule has 0 aromatic heterocycles. The molecule has 2 aliphatic rings. The van der Waals surface area contributed by atoms with E-state index >= 15 is 0 Å². The summed E-state index contributed by atoms with van der Waals surface area (Å²) < 4.78 is 6.10. The molecule has 3 rings (SSSR count). The van der Waals surface area contributed by atoms with E-state index in [1.807, 2.05) is 30.0 Å². The molecule has 0 saturated carbocycles. The van der Waals surface area contributed by atoms with E-state index in [4.69, 9.17) is 15.9 Å². The molecule has 0 aliphatic carbocycles. The number of nitrogens with one attached hydrogen (secondary N) is 1. The van der Waals surface area contributed by atoms with E-state index in [1.54, 1.807) is 0 Å². The van der Waals surface area contributed by atoms with Crippen LogP contribution in [0.5, 0.6) is 0 Å². The van der Waals surface area contributed by atoms with Gasteiger partial charge < -0.3 is 15.4 Å². The van der Waals surface area contributed by atoms with Gasteiger partial charge in [0.2, 0.25) is 0 Å². The molecule has 2 atom stereocenters. The molecule has 0 amide bonds. The average Bonchev–Trinajstić information content (AvgIpc) is 2.94. The van der Waals surface area contributed by atoms with Crippen molar-refractivity contribution in [1.82, 2.24) is 0 Å². The van der Waals surface area contributed by atoms with Crippen molar-refractivity contribution in [1.29, 1.82) is 5.41 Å². The van der Waals surface area contributed by atoms with Crippen molar-refractivity contribution in [3.8, 4) is 0 Å². The van der Waals surface area contributed by atoms with Crippen molar-refractivity contribution in [2.24, 2.45) is 5.73 Å². The number of ether oxygens (including phenoxy) is 1. The summed E-state index contributed by atoms with van der Waals surface area (Å²) in [5, 5.41) is 7.58. The molecule has 2 fully saturated rings. The van der Waals surface area contributed by atoms with Gasteiger partial charge in [0.05, 0.1) is 5.60 Å². The Bertz CT molecular complexity index is 528. The summed E-state index contributed by atoms with van der Waals surface area (Å²) in [6, 6.07) is 8.47. The molecule has 2 unspecified atom stereocenters. The number of nitrogens with two attached hydrogens (primary N) is 1. The zero-order valence-corrected chi connectivity index (χ0v) is 13.3. The first-order valence-corrected chi connectivity index (χ1v) is 8.64. The van der Waals surface area contributed by atoms with Gasteiger partial charge in [-0.3, -0.25) is 5.41 Å². The summed E-state index contributed by atoms with van der Waals surface area (Å²) >= 11 is 2.01. The number of amidine groups is 1. The van der Waals surface area contributed by atoms with Gasteiger partial charge in [0.25, 0.3) is 0 Å². The van der Waals surface area contributed by atoms with E-state index in [0.29, 0.717) is 6.04 Å². The highest BCUT2D eigenvalue weighted by molar-refractivity contribution is 7.99. The first-order valence-electron chi connectivity index (χ1n) is 7.49. The van der Waals surface area contributed by atoms with Gasteiger partial charge in [0.15, 0.2) is 0 Å². The lowest BCUT2D eigenvalue weighted by molar-refractivity contribution is -0.0658. The smallest absolute Gasteiger partial charge is 0.122 e. The third-order valence-electron chi connectivity index (χ3n) is 4.65. The number of benzene rings is 1. The lowest BCUT2D eigenvalue weighted by Gasteiger charge is -2.42. The second kappa shape index (κ2) is 5.89. The fourth-order valence-corrected chi connectivity index (χ4v) is 4.68. The molecule has 2 aliphatic heterocycles. The highest BCUT2D eigenvalue weighted by atomic mass is 32.2. The van der Waals surface area contributed by atoms with Crippen LogP contribution in [-0.2, 0) is 4.74 Å². The predicted octanol–water partition coefficient (Wildman–Crippen LogP) is 2.46. The molecule has 4 nitrogen and oxygen atoms in total. The van der Waals surface area contributed by atoms with Crippen LogP contribution in [0, 0.1) is 5.41 Å². The van der Waals surface area contributed by atoms with E-state index in [-0.39, 0.29) is 11.4 Å². The Hall–Kier alpha value is -1.20. The molecule has 1 aromatic carbocycles. The molecular weight excluding hydrogens is 282 g/mol. The number of nitrogens with zero attached hydrogens (tertiary/aromatic N) is 1. The van der Waals surface area contributed by atoms with Crippen LogP contribution in [0.15, 0.2) is 24.3 Å². The topological polar surface area (TPSA) is 62.3 Å². The van der Waals surface area contributed by atoms with E-state index in [1.165, 1.54) is 12.2 Å². The average molecular weight is 305 g/mol. The van der Waals surface area contributed by atoms with Crippen molar-refractivity contribution in [3.63, 3.8) is 0 Å². The van der Waals surface area contributed by atoms with Gasteiger partial charge in [0, 0.05) is 36.7 Å². The molecule has 0 bridgehead atoms. The number of rotatable bonds is 3. The minimum Gasteiger partial charge on any atom is -0.384 e. The monoisotopic (exact) mass is 305 g/mol. The van der Waals surface area contributed by atoms with Crippen LogP contribution >= 0.6 is 11.8 Å². The fraction of sp³-hybridized carbons (Fsp3) is 0.562. The zero-order valence-electron chi connectivity index (χ0n) is 12.5. The molecule has 114 valence electrons. The summed E-state index contributed by atoms with van der Waals surface area (Å²) in [6.45, 7) is 0.849. The van der Waals surface area contributed by atoms with Gasteiger partial charge >= 0.3 is 0 Å². The van der Waals surface area contributed by atoms with E-state index < -0.39 is 0 Å². The van der Waals surface area contributed by atoms with Crippen LogP contribution in [0.4, 0.5) is 5.69 Å². The van der Waals surface area contributed by atoms with Crippen molar-refractivity contribution >= 4 is 23.3 Å². The highest BCUT2D eigenvalue weighted by Crippen LogP contribution is 2.40. The van der Waals surface area contributed by atoms with Gasteiger partial charge in [-0.15, -0.1) is 0 Å². The van der Waals surface area contributed by atoms with E-state index in [2.05, 4.69) is 18.0 Å². The third-order valence-corrected chi connectivity index (χ3v) is 5.87. The summed E-state index contributed by atoms with van der Waals surface area (Å²) in [6.07, 6.45) is 3.34. The summed E-state index contributed by atoms with van der Waals surface area (Å²) in [5.74, 6) is 2.47. The van der Waals surface area contributed by atoms with Crippen molar-refractivity contribution in [2.75, 3.05) is 30.1 Å². The van der Waals surface area contributed by atoms with Gasteiger partial charge in [0.1, 0.15) is 5.84 Å². The number of thioether (sulfide) groups is 1. The minimum atomic E-state index is 0.0973. The molecule has 2 saturated heterocycles. The maximum atomic E-state index is 7.58. The highest BCUT2D eigenvalue weighted by Gasteiger charge is 2.41. The van der Waals surface area contributed by atoms with Crippen LogP contribution in [0.1, 0.15) is 24.8 Å². The van der Waals surface area contributed by atoms with Crippen LogP contribution in [0.2, 0.25) is 0 Å². The first kappa shape index (κ1) is 14.7. The Morgan fingerprint density at radius 1 is 1.52 bits per heavy atom. The van der Waals surface area contributed by atoms with Gasteiger partial charge in [-0.25, -0.2) is 0 Å². The standard InChI is InChI=1S/C16H23N3OS/c1-19(13-4-2-3-12(9-13)15(17)18)14-5-7-20-16(10-14)6-8-21-11-16/h2-4,9,14H,5-8,10-11H2,1H3,(H3,17,18). The van der Waals surface area contributed by atoms with Gasteiger partial charge in [-0.2, -0.15) is 11.8 Å². The molecule has 2 heterocycles. The van der Waals surface area contributed by atoms with E-state index in [9.17, 15) is 0 Å². The van der Waals surface area contributed by atoms with Gasteiger partial charge in [-0.05, 0) is 37.1 Å². The SMILES string of the molecule is CN(c1cccc(C(=N)N)c1)C1CCOC2(CCSC2)C1. The summed E-state index contributed by atoms with van der Waals surface area (Å²) in [7, 11) is 2.14. The first-order chi connectivity index (χ1) is 10.1. The molecule has 1 aromatic rings. The second-order valence-corrected chi connectivity index (χ2v) is 7.16. The Labute approximate surface area is 130 Å². The molecule has 1 spiro atoms. The van der Waals surface area contributed by atoms with Crippen LogP contribution in [-0.4, -0.2) is 42.6 Å². The van der Waals surface area contributed by atoms with Crippen molar-refractivity contribution in [3.05, 3.63) is 29.8 Å². The Kier molecular flexibility index (Phi) is 4.13. The van der Waals surface area contributed by atoms with Crippen molar-refractivity contribution in [2.45, 2.75) is 30.9 Å². The van der Waals surface area contributed by atoms with Gasteiger partial charge in [-0.1, -0.05) is 12.1 Å². The summed E-state index contributed by atoms with van der Waals surface area (Å²) in [4.78, 5) is 2.33. The molecule has 5 heteroatoms. The zero-order chi connectivity index (χ0) is 14.9. The Morgan fingerprint density at radius 2 is 2.38 bits per heavy atom.